The average Bonchev–Trinajstić information content (AvgIpc) is 3.20. The summed E-state index contributed by atoms with van der Waals surface area (Å²) in [5.41, 5.74) is 4.66. The van der Waals surface area contributed by atoms with Gasteiger partial charge in [-0.15, -0.1) is 0 Å². The molecular formula is C24H35N2P. The first-order valence-electron chi connectivity index (χ1n) is 11.2. The molecule has 2 aromatic rings. The van der Waals surface area contributed by atoms with Gasteiger partial charge in [0.2, 0.25) is 0 Å². The topological polar surface area (TPSA) is 17.8 Å². The van der Waals surface area contributed by atoms with Gasteiger partial charge in [0.15, 0.2) is 0 Å². The van der Waals surface area contributed by atoms with Crippen molar-refractivity contribution in [3.05, 3.63) is 36.5 Å². The van der Waals surface area contributed by atoms with Gasteiger partial charge in [-0.1, -0.05) is 70.7 Å². The molecule has 146 valence electrons. The number of benzene rings is 1. The molecule has 1 aromatic heterocycles. The minimum atomic E-state index is -0.0904. The van der Waals surface area contributed by atoms with Gasteiger partial charge in [0.05, 0.1) is 5.69 Å². The fraction of sp³-hybridized carbons (Fsp3) is 0.625. The lowest BCUT2D eigenvalue weighted by Gasteiger charge is -2.39. The Morgan fingerprint density at radius 2 is 1.44 bits per heavy atom. The van der Waals surface area contributed by atoms with E-state index in [1.54, 1.807) is 5.30 Å². The molecule has 0 spiro atoms. The molecule has 0 saturated heterocycles. The Kier molecular flexibility index (Phi) is 6.33. The third-order valence-electron chi connectivity index (χ3n) is 6.55. The van der Waals surface area contributed by atoms with Crippen molar-refractivity contribution in [2.45, 2.75) is 95.4 Å². The van der Waals surface area contributed by atoms with Crippen molar-refractivity contribution in [1.82, 2.24) is 9.78 Å². The van der Waals surface area contributed by atoms with Gasteiger partial charge < -0.3 is 0 Å². The first-order chi connectivity index (χ1) is 13.3. The van der Waals surface area contributed by atoms with Crippen molar-refractivity contribution in [3.8, 4) is 11.3 Å². The van der Waals surface area contributed by atoms with E-state index < -0.39 is 0 Å². The van der Waals surface area contributed by atoms with Crippen molar-refractivity contribution in [2.75, 3.05) is 0 Å². The smallest absolute Gasteiger partial charge is 0.0691 e. The summed E-state index contributed by atoms with van der Waals surface area (Å²) in [5.74, 6) is 0. The van der Waals surface area contributed by atoms with Crippen LogP contribution in [-0.2, 0) is 0 Å². The quantitative estimate of drug-likeness (QED) is 0.514. The molecule has 0 bridgehead atoms. The number of aromatic nitrogens is 2. The maximum atomic E-state index is 4.64. The van der Waals surface area contributed by atoms with Crippen LogP contribution in [0.3, 0.4) is 0 Å². The zero-order chi connectivity index (χ0) is 18.6. The summed E-state index contributed by atoms with van der Waals surface area (Å²) in [7, 11) is -0.0904. The van der Waals surface area contributed by atoms with Crippen molar-refractivity contribution in [2.24, 2.45) is 0 Å². The zero-order valence-electron chi connectivity index (χ0n) is 17.1. The SMILES string of the molecule is CC(C)n1nccc1-c1ccccc1P(C1CCCCC1)C1CCCCC1. The highest BCUT2D eigenvalue weighted by molar-refractivity contribution is 7.67. The van der Waals surface area contributed by atoms with Crippen LogP contribution in [0, 0.1) is 0 Å². The van der Waals surface area contributed by atoms with E-state index in [4.69, 9.17) is 0 Å². The predicted molar refractivity (Wildman–Crippen MR) is 118 cm³/mol. The molecule has 1 heterocycles. The van der Waals surface area contributed by atoms with Gasteiger partial charge in [0.25, 0.3) is 0 Å². The molecule has 2 aliphatic carbocycles. The van der Waals surface area contributed by atoms with Crippen molar-refractivity contribution in [1.29, 1.82) is 0 Å². The second-order valence-electron chi connectivity index (χ2n) is 8.76. The summed E-state index contributed by atoms with van der Waals surface area (Å²) < 4.78 is 2.22. The lowest BCUT2D eigenvalue weighted by atomic mass is 9.99. The monoisotopic (exact) mass is 382 g/mol. The van der Waals surface area contributed by atoms with Gasteiger partial charge >= 0.3 is 0 Å². The summed E-state index contributed by atoms with van der Waals surface area (Å²) in [4.78, 5) is 0. The van der Waals surface area contributed by atoms with Gasteiger partial charge in [-0.3, -0.25) is 4.68 Å². The molecular weight excluding hydrogens is 347 g/mol. The second-order valence-corrected chi connectivity index (χ2v) is 11.5. The molecule has 1 aromatic carbocycles. The highest BCUT2D eigenvalue weighted by Gasteiger charge is 2.33. The minimum absolute atomic E-state index is 0.0904. The molecule has 0 aliphatic heterocycles. The van der Waals surface area contributed by atoms with Crippen LogP contribution < -0.4 is 5.30 Å². The van der Waals surface area contributed by atoms with Crippen LogP contribution in [0.2, 0.25) is 0 Å². The van der Waals surface area contributed by atoms with Gasteiger partial charge in [0, 0.05) is 17.8 Å². The van der Waals surface area contributed by atoms with Crippen LogP contribution in [0.1, 0.15) is 84.1 Å². The van der Waals surface area contributed by atoms with Crippen molar-refractivity contribution >= 4 is 13.2 Å². The maximum absolute atomic E-state index is 4.64. The average molecular weight is 383 g/mol. The van der Waals surface area contributed by atoms with Crippen molar-refractivity contribution < 1.29 is 0 Å². The highest BCUT2D eigenvalue weighted by atomic mass is 31.1. The molecule has 0 N–H and O–H groups in total. The number of hydrogen-bond acceptors (Lipinski definition) is 1. The molecule has 0 amide bonds. The van der Waals surface area contributed by atoms with E-state index in [0.717, 1.165) is 11.3 Å². The van der Waals surface area contributed by atoms with E-state index in [2.05, 4.69) is 54.0 Å². The first-order valence-corrected chi connectivity index (χ1v) is 12.6. The van der Waals surface area contributed by atoms with E-state index in [-0.39, 0.29) is 7.92 Å². The normalized spacial score (nSPS) is 19.9. The molecule has 3 heteroatoms. The summed E-state index contributed by atoms with van der Waals surface area (Å²) in [6.07, 6.45) is 16.5. The number of hydrogen-bond donors (Lipinski definition) is 0. The molecule has 4 rings (SSSR count). The molecule has 2 fully saturated rings. The molecule has 2 saturated carbocycles. The largest absolute Gasteiger partial charge is 0.262 e. The van der Waals surface area contributed by atoms with E-state index in [1.807, 2.05) is 6.20 Å². The molecule has 27 heavy (non-hydrogen) atoms. The third-order valence-corrected chi connectivity index (χ3v) is 10.1. The van der Waals surface area contributed by atoms with Crippen LogP contribution in [0.5, 0.6) is 0 Å². The van der Waals surface area contributed by atoms with Crippen LogP contribution in [-0.4, -0.2) is 21.1 Å². The fourth-order valence-corrected chi connectivity index (χ4v) is 9.22. The van der Waals surface area contributed by atoms with Crippen LogP contribution in [0.25, 0.3) is 11.3 Å². The Bertz CT molecular complexity index is 705. The fourth-order valence-electron chi connectivity index (χ4n) is 5.26. The summed E-state index contributed by atoms with van der Waals surface area (Å²) in [6.45, 7) is 4.48. The van der Waals surface area contributed by atoms with Gasteiger partial charge in [-0.05, 0) is 62.2 Å². The summed E-state index contributed by atoms with van der Waals surface area (Å²) in [5, 5.41) is 6.32. The minimum Gasteiger partial charge on any atom is -0.262 e. The van der Waals surface area contributed by atoms with Gasteiger partial charge in [-0.2, -0.15) is 5.10 Å². The third kappa shape index (κ3) is 4.16. The standard InChI is InChI=1S/C24H35N2P/c1-19(2)26-23(17-18-25-26)22-15-9-10-16-24(22)27(20-11-5-3-6-12-20)21-13-7-4-8-14-21/h9-10,15-21H,3-8,11-14H2,1-2H3. The Morgan fingerprint density at radius 1 is 0.852 bits per heavy atom. The summed E-state index contributed by atoms with van der Waals surface area (Å²) in [6, 6.07) is 12.0. The van der Waals surface area contributed by atoms with E-state index >= 15 is 0 Å². The Labute approximate surface area is 166 Å². The van der Waals surface area contributed by atoms with E-state index in [9.17, 15) is 0 Å². The van der Waals surface area contributed by atoms with Crippen LogP contribution in [0.4, 0.5) is 0 Å². The molecule has 2 nitrogen and oxygen atoms in total. The maximum Gasteiger partial charge on any atom is 0.0691 e. The lowest BCUT2D eigenvalue weighted by molar-refractivity contribution is 0.487. The second kappa shape index (κ2) is 8.91. The van der Waals surface area contributed by atoms with Crippen molar-refractivity contribution in [3.63, 3.8) is 0 Å². The Balaban J connectivity index is 1.76. The van der Waals surface area contributed by atoms with Crippen LogP contribution in [0.15, 0.2) is 36.5 Å². The van der Waals surface area contributed by atoms with Gasteiger partial charge in [0.1, 0.15) is 0 Å². The Hall–Kier alpha value is -1.14. The number of nitrogens with zero attached hydrogens (tertiary/aromatic N) is 2. The first kappa shape index (κ1) is 19.2. The molecule has 2 aliphatic rings. The number of rotatable bonds is 5. The molecule has 0 radical (unpaired) electrons. The molecule has 0 unspecified atom stereocenters. The highest BCUT2D eigenvalue weighted by Crippen LogP contribution is 2.56. The van der Waals surface area contributed by atoms with E-state index in [0.29, 0.717) is 6.04 Å². The predicted octanol–water partition coefficient (Wildman–Crippen LogP) is 6.90. The van der Waals surface area contributed by atoms with E-state index in [1.165, 1.54) is 75.5 Å². The van der Waals surface area contributed by atoms with Gasteiger partial charge in [-0.25, -0.2) is 0 Å². The Morgan fingerprint density at radius 3 is 2.04 bits per heavy atom. The summed E-state index contributed by atoms with van der Waals surface area (Å²) >= 11 is 0. The molecule has 0 atom stereocenters. The van der Waals surface area contributed by atoms with Crippen LogP contribution >= 0.6 is 7.92 Å². The zero-order valence-corrected chi connectivity index (χ0v) is 18.0. The lowest BCUT2D eigenvalue weighted by Crippen LogP contribution is -2.27.